The second-order valence-corrected chi connectivity index (χ2v) is 8.98. The first-order chi connectivity index (χ1) is 14.0. The van der Waals surface area contributed by atoms with Crippen LogP contribution >= 0.6 is 34.4 Å². The summed E-state index contributed by atoms with van der Waals surface area (Å²) < 4.78 is 3.13. The largest absolute Gasteiger partial charge is 0.325 e. The molecular formula is C22H23IN4OS. The van der Waals surface area contributed by atoms with Gasteiger partial charge in [-0.15, -0.1) is 16.8 Å². The smallest absolute Gasteiger partial charge is 0.234 e. The molecular weight excluding hydrogens is 495 g/mol. The Labute approximate surface area is 189 Å². The van der Waals surface area contributed by atoms with Crippen LogP contribution in [0.1, 0.15) is 25.3 Å². The summed E-state index contributed by atoms with van der Waals surface area (Å²) in [6, 6.07) is 16.0. The highest BCUT2D eigenvalue weighted by molar-refractivity contribution is 14.1. The van der Waals surface area contributed by atoms with E-state index in [1.54, 1.807) is 6.08 Å². The summed E-state index contributed by atoms with van der Waals surface area (Å²) in [4.78, 5) is 12.6. The molecule has 3 rings (SSSR count). The molecule has 0 aliphatic rings. The van der Waals surface area contributed by atoms with Gasteiger partial charge in [0.05, 0.1) is 5.75 Å². The quantitative estimate of drug-likeness (QED) is 0.240. The number of carbonyl (C=O) groups is 1. The number of rotatable bonds is 8. The Kier molecular flexibility index (Phi) is 7.49. The second kappa shape index (κ2) is 10.1. The Morgan fingerprint density at radius 3 is 2.69 bits per heavy atom. The van der Waals surface area contributed by atoms with E-state index in [2.05, 4.69) is 64.6 Å². The molecule has 0 saturated heterocycles. The molecule has 0 aliphatic heterocycles. The highest BCUT2D eigenvalue weighted by Crippen LogP contribution is 2.27. The van der Waals surface area contributed by atoms with Crippen molar-refractivity contribution >= 4 is 45.9 Å². The molecule has 0 radical (unpaired) electrons. The molecule has 3 aromatic rings. The molecule has 5 nitrogen and oxygen atoms in total. The number of hydrogen-bond acceptors (Lipinski definition) is 4. The van der Waals surface area contributed by atoms with Crippen LogP contribution in [0.2, 0.25) is 0 Å². The maximum Gasteiger partial charge on any atom is 0.234 e. The molecule has 29 heavy (non-hydrogen) atoms. The van der Waals surface area contributed by atoms with E-state index in [1.807, 2.05) is 47.0 Å². The average molecular weight is 518 g/mol. The van der Waals surface area contributed by atoms with Crippen molar-refractivity contribution in [2.45, 2.75) is 31.5 Å². The standard InChI is InChI=1S/C22H23IN4OS/c1-4-12-27-21(16-8-6-5-7-9-16)25-26-22(27)29-14-20(28)24-19-11-10-17(23)13-18(19)15(2)3/h4-11,13,15H,1,12,14H2,2-3H3,(H,24,28). The Morgan fingerprint density at radius 1 is 1.24 bits per heavy atom. The highest BCUT2D eigenvalue weighted by Gasteiger charge is 2.16. The third-order valence-electron chi connectivity index (χ3n) is 4.30. The van der Waals surface area contributed by atoms with Crippen LogP contribution in [0.3, 0.4) is 0 Å². The minimum absolute atomic E-state index is 0.0625. The maximum absolute atomic E-state index is 12.6. The fourth-order valence-corrected chi connectivity index (χ4v) is 4.19. The normalized spacial score (nSPS) is 10.9. The van der Waals surface area contributed by atoms with Gasteiger partial charge in [-0.25, -0.2) is 0 Å². The summed E-state index contributed by atoms with van der Waals surface area (Å²) >= 11 is 3.66. The van der Waals surface area contributed by atoms with Gasteiger partial charge in [0.25, 0.3) is 0 Å². The van der Waals surface area contributed by atoms with Crippen LogP contribution < -0.4 is 5.32 Å². The Bertz CT molecular complexity index is 1000. The molecule has 0 saturated carbocycles. The zero-order valence-electron chi connectivity index (χ0n) is 16.4. The number of halogens is 1. The number of aromatic nitrogens is 3. The third kappa shape index (κ3) is 5.48. The predicted molar refractivity (Wildman–Crippen MR) is 128 cm³/mol. The van der Waals surface area contributed by atoms with Gasteiger partial charge in [0.2, 0.25) is 5.91 Å². The van der Waals surface area contributed by atoms with Gasteiger partial charge in [-0.05, 0) is 52.3 Å². The number of nitrogens with one attached hydrogen (secondary N) is 1. The Morgan fingerprint density at radius 2 is 2.00 bits per heavy atom. The molecule has 2 aromatic carbocycles. The Balaban J connectivity index is 1.73. The molecule has 0 spiro atoms. The van der Waals surface area contributed by atoms with Crippen molar-refractivity contribution in [1.82, 2.24) is 14.8 Å². The number of hydrogen-bond donors (Lipinski definition) is 1. The van der Waals surface area contributed by atoms with Crippen LogP contribution in [-0.4, -0.2) is 26.4 Å². The van der Waals surface area contributed by atoms with E-state index in [0.717, 1.165) is 26.2 Å². The van der Waals surface area contributed by atoms with Crippen molar-refractivity contribution in [3.63, 3.8) is 0 Å². The van der Waals surface area contributed by atoms with E-state index in [4.69, 9.17) is 0 Å². The van der Waals surface area contributed by atoms with Crippen LogP contribution in [-0.2, 0) is 11.3 Å². The van der Waals surface area contributed by atoms with Gasteiger partial charge in [0.1, 0.15) is 0 Å². The average Bonchev–Trinajstić information content (AvgIpc) is 3.11. The van der Waals surface area contributed by atoms with E-state index in [9.17, 15) is 4.79 Å². The number of anilines is 1. The monoisotopic (exact) mass is 518 g/mol. The molecule has 1 aromatic heterocycles. The molecule has 7 heteroatoms. The van der Waals surface area contributed by atoms with Crippen molar-refractivity contribution in [3.05, 3.63) is 70.3 Å². The lowest BCUT2D eigenvalue weighted by Gasteiger charge is -2.14. The Hall–Kier alpha value is -2.13. The molecule has 0 unspecified atom stereocenters. The number of thioether (sulfide) groups is 1. The first-order valence-corrected chi connectivity index (χ1v) is 11.4. The maximum atomic E-state index is 12.6. The third-order valence-corrected chi connectivity index (χ3v) is 5.94. The van der Waals surface area contributed by atoms with E-state index < -0.39 is 0 Å². The van der Waals surface area contributed by atoms with Crippen molar-refractivity contribution < 1.29 is 4.79 Å². The predicted octanol–water partition coefficient (Wildman–Crippen LogP) is 5.59. The lowest BCUT2D eigenvalue weighted by molar-refractivity contribution is -0.113. The summed E-state index contributed by atoms with van der Waals surface area (Å²) in [5.41, 5.74) is 2.98. The van der Waals surface area contributed by atoms with Crippen molar-refractivity contribution in [2.24, 2.45) is 0 Å². The van der Waals surface area contributed by atoms with Crippen LogP contribution in [0.4, 0.5) is 5.69 Å². The molecule has 1 heterocycles. The zero-order chi connectivity index (χ0) is 20.8. The van der Waals surface area contributed by atoms with Crippen molar-refractivity contribution in [2.75, 3.05) is 11.1 Å². The molecule has 0 atom stereocenters. The number of allylic oxidation sites excluding steroid dienone is 1. The number of nitrogens with zero attached hydrogens (tertiary/aromatic N) is 3. The first kappa shape index (κ1) is 21.6. The van der Waals surface area contributed by atoms with Gasteiger partial charge in [0.15, 0.2) is 11.0 Å². The van der Waals surface area contributed by atoms with Crippen LogP contribution in [0.5, 0.6) is 0 Å². The minimum atomic E-state index is -0.0625. The summed E-state index contributed by atoms with van der Waals surface area (Å²) in [6.07, 6.45) is 1.81. The molecule has 0 fully saturated rings. The zero-order valence-corrected chi connectivity index (χ0v) is 19.4. The molecule has 1 amide bonds. The number of amides is 1. The van der Waals surface area contributed by atoms with Crippen LogP contribution in [0, 0.1) is 3.57 Å². The topological polar surface area (TPSA) is 59.8 Å². The van der Waals surface area contributed by atoms with Gasteiger partial charge < -0.3 is 5.32 Å². The lowest BCUT2D eigenvalue weighted by Crippen LogP contribution is -2.16. The van der Waals surface area contributed by atoms with E-state index in [-0.39, 0.29) is 11.7 Å². The number of carbonyl (C=O) groups excluding carboxylic acids is 1. The summed E-state index contributed by atoms with van der Waals surface area (Å²) in [5.74, 6) is 1.30. The van der Waals surface area contributed by atoms with E-state index >= 15 is 0 Å². The van der Waals surface area contributed by atoms with Gasteiger partial charge >= 0.3 is 0 Å². The van der Waals surface area contributed by atoms with E-state index in [0.29, 0.717) is 17.6 Å². The minimum Gasteiger partial charge on any atom is -0.325 e. The van der Waals surface area contributed by atoms with Crippen LogP contribution in [0.15, 0.2) is 66.3 Å². The molecule has 150 valence electrons. The van der Waals surface area contributed by atoms with Crippen molar-refractivity contribution in [1.29, 1.82) is 0 Å². The molecule has 0 aliphatic carbocycles. The summed E-state index contributed by atoms with van der Waals surface area (Å²) in [5, 5.41) is 12.4. The molecule has 1 N–H and O–H groups in total. The first-order valence-electron chi connectivity index (χ1n) is 9.31. The fraction of sp³-hybridized carbons (Fsp3) is 0.227. The van der Waals surface area contributed by atoms with Gasteiger partial charge in [-0.2, -0.15) is 0 Å². The van der Waals surface area contributed by atoms with Crippen molar-refractivity contribution in [3.8, 4) is 11.4 Å². The second-order valence-electron chi connectivity index (χ2n) is 6.79. The highest BCUT2D eigenvalue weighted by atomic mass is 127. The van der Waals surface area contributed by atoms with Gasteiger partial charge in [0, 0.05) is 21.4 Å². The molecule has 0 bridgehead atoms. The van der Waals surface area contributed by atoms with Crippen LogP contribution in [0.25, 0.3) is 11.4 Å². The fourth-order valence-electron chi connectivity index (χ4n) is 2.93. The lowest BCUT2D eigenvalue weighted by atomic mass is 10.0. The number of benzene rings is 2. The van der Waals surface area contributed by atoms with Gasteiger partial charge in [-0.1, -0.05) is 62.0 Å². The SMILES string of the molecule is C=CCn1c(SCC(=O)Nc2ccc(I)cc2C(C)C)nnc1-c1ccccc1. The summed E-state index contributed by atoms with van der Waals surface area (Å²) in [7, 11) is 0. The van der Waals surface area contributed by atoms with E-state index in [1.165, 1.54) is 11.8 Å². The van der Waals surface area contributed by atoms with Gasteiger partial charge in [-0.3, -0.25) is 9.36 Å². The summed E-state index contributed by atoms with van der Waals surface area (Å²) in [6.45, 7) is 8.66.